The third-order valence-corrected chi connectivity index (χ3v) is 7.38. The van der Waals surface area contributed by atoms with Gasteiger partial charge in [0.25, 0.3) is 0 Å². The Balaban J connectivity index is 1.92. The van der Waals surface area contributed by atoms with Crippen LogP contribution < -0.4 is 9.47 Å². The SMILES string of the molecule is C=C(C)c1c(OCc2ccccc2)cc(C)nc1[C@@H]1O[C@@](C)(C(F)(F)F)[C@@H](C)[C@H]1c1ccc(F)c(F)c1OC. The van der Waals surface area contributed by atoms with Crippen LogP contribution in [0.1, 0.15) is 60.9 Å². The normalized spacial score (nSPS) is 23.1. The molecule has 1 aliphatic heterocycles. The molecule has 9 heteroatoms. The number of benzene rings is 2. The van der Waals surface area contributed by atoms with Crippen molar-refractivity contribution in [2.45, 2.75) is 58.1 Å². The number of allylic oxidation sites excluding steroid dienone is 1. The number of ether oxygens (including phenoxy) is 3. The van der Waals surface area contributed by atoms with Crippen LogP contribution in [0.5, 0.6) is 11.5 Å². The molecule has 2 heterocycles. The Morgan fingerprint density at radius 3 is 2.38 bits per heavy atom. The third-order valence-electron chi connectivity index (χ3n) is 7.38. The summed E-state index contributed by atoms with van der Waals surface area (Å²) in [5.74, 6) is -4.89. The molecule has 0 unspecified atom stereocenters. The molecule has 1 fully saturated rings. The first kappa shape index (κ1) is 28.5. The number of halogens is 5. The van der Waals surface area contributed by atoms with E-state index in [9.17, 15) is 22.0 Å². The van der Waals surface area contributed by atoms with Crippen molar-refractivity contribution < 1.29 is 36.2 Å². The van der Waals surface area contributed by atoms with Crippen LogP contribution in [-0.4, -0.2) is 23.9 Å². The van der Waals surface area contributed by atoms with Crippen LogP contribution in [-0.2, 0) is 11.3 Å². The van der Waals surface area contributed by atoms with Crippen molar-refractivity contribution in [2.24, 2.45) is 5.92 Å². The van der Waals surface area contributed by atoms with Crippen molar-refractivity contribution in [3.8, 4) is 11.5 Å². The van der Waals surface area contributed by atoms with Gasteiger partial charge < -0.3 is 14.2 Å². The van der Waals surface area contributed by atoms with Crippen LogP contribution in [0.3, 0.4) is 0 Å². The van der Waals surface area contributed by atoms with Crippen LogP contribution in [0.15, 0.2) is 55.1 Å². The smallest absolute Gasteiger partial charge is 0.417 e. The maximum absolute atomic E-state index is 14.8. The first-order valence-electron chi connectivity index (χ1n) is 12.4. The number of hydrogen-bond acceptors (Lipinski definition) is 4. The van der Waals surface area contributed by atoms with E-state index in [-0.39, 0.29) is 17.9 Å². The van der Waals surface area contributed by atoms with Gasteiger partial charge in [-0.25, -0.2) is 4.39 Å². The van der Waals surface area contributed by atoms with Crippen molar-refractivity contribution >= 4 is 5.57 Å². The fourth-order valence-electron chi connectivity index (χ4n) is 5.20. The van der Waals surface area contributed by atoms with E-state index in [1.165, 1.54) is 13.0 Å². The Kier molecular flexibility index (Phi) is 7.76. The van der Waals surface area contributed by atoms with Crippen LogP contribution in [0.4, 0.5) is 22.0 Å². The molecule has 4 nitrogen and oxygen atoms in total. The molecule has 208 valence electrons. The number of methoxy groups -OCH3 is 1. The second kappa shape index (κ2) is 10.6. The largest absolute Gasteiger partial charge is 0.493 e. The average Bonchev–Trinajstić information content (AvgIpc) is 3.15. The zero-order valence-corrected chi connectivity index (χ0v) is 22.3. The van der Waals surface area contributed by atoms with Gasteiger partial charge in [-0.2, -0.15) is 17.6 Å². The number of alkyl halides is 3. The van der Waals surface area contributed by atoms with Gasteiger partial charge in [-0.1, -0.05) is 49.9 Å². The summed E-state index contributed by atoms with van der Waals surface area (Å²) < 4.78 is 89.4. The zero-order valence-electron chi connectivity index (χ0n) is 22.3. The Morgan fingerprint density at radius 2 is 1.79 bits per heavy atom. The van der Waals surface area contributed by atoms with Gasteiger partial charge in [0.15, 0.2) is 17.2 Å². The molecule has 0 N–H and O–H groups in total. The van der Waals surface area contributed by atoms with Gasteiger partial charge in [0.1, 0.15) is 18.5 Å². The van der Waals surface area contributed by atoms with Gasteiger partial charge >= 0.3 is 6.18 Å². The first-order chi connectivity index (χ1) is 18.3. The van der Waals surface area contributed by atoms with E-state index in [1.54, 1.807) is 19.9 Å². The highest BCUT2D eigenvalue weighted by atomic mass is 19.4. The Morgan fingerprint density at radius 1 is 1.13 bits per heavy atom. The van der Waals surface area contributed by atoms with Crippen molar-refractivity contribution in [1.82, 2.24) is 4.98 Å². The summed E-state index contributed by atoms with van der Waals surface area (Å²) >= 11 is 0. The van der Waals surface area contributed by atoms with E-state index in [4.69, 9.17) is 14.2 Å². The lowest BCUT2D eigenvalue weighted by Crippen LogP contribution is -2.46. The minimum atomic E-state index is -4.77. The maximum atomic E-state index is 14.8. The molecule has 0 spiro atoms. The second-order valence-corrected chi connectivity index (χ2v) is 10.0. The van der Waals surface area contributed by atoms with Crippen molar-refractivity contribution in [3.63, 3.8) is 0 Å². The molecule has 3 aromatic rings. The van der Waals surface area contributed by atoms with Gasteiger partial charge in [-0.3, -0.25) is 4.98 Å². The van der Waals surface area contributed by atoms with Crippen LogP contribution >= 0.6 is 0 Å². The molecule has 1 aliphatic rings. The molecule has 1 aromatic heterocycles. The summed E-state index contributed by atoms with van der Waals surface area (Å²) in [4.78, 5) is 4.60. The molecular formula is C30H30F5NO3. The number of hydrogen-bond donors (Lipinski definition) is 0. The molecule has 4 rings (SSSR count). The number of aromatic nitrogens is 1. The summed E-state index contributed by atoms with van der Waals surface area (Å²) in [6, 6.07) is 13.2. The summed E-state index contributed by atoms with van der Waals surface area (Å²) in [6.45, 7) is 9.95. The Bertz CT molecular complexity index is 1380. The standard InChI is InChI=1S/C30H30F5NO3/c1-16(2)23-22(38-15-19-10-8-7-9-11-19)14-17(3)36-26(23)28-24(18(4)29(5,39-28)30(33,34)35)20-12-13-21(31)25(32)27(20)37-6/h7-14,18,24,28H,1,15H2,2-6H3/t18-,24-,28+,29+/m0/s1. The molecule has 4 atom stereocenters. The van der Waals surface area contributed by atoms with E-state index in [0.29, 0.717) is 22.6 Å². The molecule has 39 heavy (non-hydrogen) atoms. The first-order valence-corrected chi connectivity index (χ1v) is 12.4. The molecule has 0 aliphatic carbocycles. The minimum Gasteiger partial charge on any atom is -0.493 e. The lowest BCUT2D eigenvalue weighted by Gasteiger charge is -2.32. The van der Waals surface area contributed by atoms with E-state index < -0.39 is 47.1 Å². The van der Waals surface area contributed by atoms with Gasteiger partial charge in [0, 0.05) is 34.7 Å². The molecule has 0 bridgehead atoms. The highest BCUT2D eigenvalue weighted by Gasteiger charge is 2.65. The van der Waals surface area contributed by atoms with E-state index >= 15 is 0 Å². The topological polar surface area (TPSA) is 40.6 Å². The summed E-state index contributed by atoms with van der Waals surface area (Å²) in [5, 5.41) is 0. The number of aryl methyl sites for hydroxylation is 1. The maximum Gasteiger partial charge on any atom is 0.417 e. The van der Waals surface area contributed by atoms with Gasteiger partial charge in [0.2, 0.25) is 5.82 Å². The van der Waals surface area contributed by atoms with E-state index in [2.05, 4.69) is 11.6 Å². The van der Waals surface area contributed by atoms with E-state index in [1.807, 2.05) is 30.3 Å². The molecule has 0 radical (unpaired) electrons. The van der Waals surface area contributed by atoms with Gasteiger partial charge in [0.05, 0.1) is 12.8 Å². The Labute approximate surface area is 224 Å². The summed E-state index contributed by atoms with van der Waals surface area (Å²) in [6.07, 6.45) is -6.08. The lowest BCUT2D eigenvalue weighted by atomic mass is 9.76. The fraction of sp³-hybridized carbons (Fsp3) is 0.367. The molecule has 0 amide bonds. The third kappa shape index (κ3) is 5.12. The number of nitrogens with zero attached hydrogens (tertiary/aromatic N) is 1. The van der Waals surface area contributed by atoms with E-state index in [0.717, 1.165) is 25.7 Å². The van der Waals surface area contributed by atoms with Gasteiger partial charge in [-0.05, 0) is 38.0 Å². The highest BCUT2D eigenvalue weighted by Crippen LogP contribution is 2.60. The number of rotatable bonds is 7. The molecule has 1 saturated heterocycles. The molecule has 0 saturated carbocycles. The predicted molar refractivity (Wildman–Crippen MR) is 138 cm³/mol. The van der Waals surface area contributed by atoms with Crippen LogP contribution in [0.2, 0.25) is 0 Å². The van der Waals surface area contributed by atoms with Crippen molar-refractivity contribution in [2.75, 3.05) is 7.11 Å². The van der Waals surface area contributed by atoms with Crippen molar-refractivity contribution in [3.05, 3.63) is 94.8 Å². The molecule has 2 aromatic carbocycles. The quantitative estimate of drug-likeness (QED) is 0.280. The van der Waals surface area contributed by atoms with Gasteiger partial charge in [-0.15, -0.1) is 0 Å². The summed E-state index contributed by atoms with van der Waals surface area (Å²) in [7, 11) is 1.14. The second-order valence-electron chi connectivity index (χ2n) is 10.0. The number of pyridine rings is 1. The predicted octanol–water partition coefficient (Wildman–Crippen LogP) is 8.10. The van der Waals surface area contributed by atoms with Crippen LogP contribution in [0, 0.1) is 24.5 Å². The lowest BCUT2D eigenvalue weighted by molar-refractivity contribution is -0.275. The average molecular weight is 548 g/mol. The fourth-order valence-corrected chi connectivity index (χ4v) is 5.20. The molecular weight excluding hydrogens is 517 g/mol. The van der Waals surface area contributed by atoms with Crippen LogP contribution in [0.25, 0.3) is 5.57 Å². The summed E-state index contributed by atoms with van der Waals surface area (Å²) in [5.41, 5.74) is -0.153. The minimum absolute atomic E-state index is 0.0459. The monoisotopic (exact) mass is 547 g/mol. The zero-order chi connectivity index (χ0) is 28.7. The highest BCUT2D eigenvalue weighted by molar-refractivity contribution is 5.70. The van der Waals surface area contributed by atoms with Crippen molar-refractivity contribution in [1.29, 1.82) is 0 Å². The Hall–Kier alpha value is -3.46.